The molecule has 0 aromatic heterocycles. The Kier molecular flexibility index (Phi) is 3.89. The topological polar surface area (TPSA) is 102 Å². The van der Waals surface area contributed by atoms with Gasteiger partial charge in [-0.3, -0.25) is 10.1 Å². The van der Waals surface area contributed by atoms with Crippen molar-refractivity contribution in [1.29, 1.82) is 0 Å². The summed E-state index contributed by atoms with van der Waals surface area (Å²) in [6, 6.07) is 4.08. The third-order valence-corrected chi connectivity index (χ3v) is 3.47. The Morgan fingerprint density at radius 2 is 2.10 bits per heavy atom. The van der Waals surface area contributed by atoms with Crippen LogP contribution < -0.4 is 5.32 Å². The monoisotopic (exact) mass is 280 g/mol. The zero-order chi connectivity index (χ0) is 14.8. The summed E-state index contributed by atoms with van der Waals surface area (Å²) < 4.78 is 5.29. The maximum atomic E-state index is 10.9. The first-order valence-electron chi connectivity index (χ1n) is 6.29. The highest BCUT2D eigenvalue weighted by Crippen LogP contribution is 2.29. The number of nitrogens with one attached hydrogen (secondary N) is 1. The van der Waals surface area contributed by atoms with Crippen LogP contribution in [0.1, 0.15) is 30.1 Å². The highest BCUT2D eigenvalue weighted by molar-refractivity contribution is 5.93. The molecule has 0 saturated carbocycles. The van der Waals surface area contributed by atoms with Crippen LogP contribution in [0.4, 0.5) is 11.4 Å². The summed E-state index contributed by atoms with van der Waals surface area (Å²) in [5, 5.41) is 23.1. The summed E-state index contributed by atoms with van der Waals surface area (Å²) in [4.78, 5) is 21.2. The Morgan fingerprint density at radius 1 is 1.45 bits per heavy atom. The highest BCUT2D eigenvalue weighted by Gasteiger charge is 2.28. The number of rotatable bonds is 4. The summed E-state index contributed by atoms with van der Waals surface area (Å²) in [6.45, 7) is 3.30. The van der Waals surface area contributed by atoms with Crippen LogP contribution in [-0.4, -0.2) is 34.8 Å². The average molecular weight is 280 g/mol. The van der Waals surface area contributed by atoms with E-state index in [9.17, 15) is 14.9 Å². The van der Waals surface area contributed by atoms with Crippen molar-refractivity contribution < 1.29 is 19.6 Å². The summed E-state index contributed by atoms with van der Waals surface area (Å²) >= 11 is 0. The Bertz CT molecular complexity index is 538. The maximum Gasteiger partial charge on any atom is 0.342 e. The molecule has 2 rings (SSSR count). The molecule has 1 aliphatic rings. The smallest absolute Gasteiger partial charge is 0.342 e. The van der Waals surface area contributed by atoms with Gasteiger partial charge in [0.1, 0.15) is 5.56 Å². The van der Waals surface area contributed by atoms with E-state index in [1.807, 2.05) is 6.92 Å². The van der Waals surface area contributed by atoms with Gasteiger partial charge in [0.05, 0.1) is 4.92 Å². The minimum absolute atomic E-state index is 0.198. The average Bonchev–Trinajstić information content (AvgIpc) is 2.38. The van der Waals surface area contributed by atoms with E-state index < -0.39 is 16.6 Å². The van der Waals surface area contributed by atoms with Gasteiger partial charge in [-0.1, -0.05) is 0 Å². The lowest BCUT2D eigenvalue weighted by Gasteiger charge is -2.35. The number of nitrogens with zero attached hydrogens (tertiary/aromatic N) is 1. The standard InChI is InChI=1S/C13H16N2O5/c1-13(4-6-20-7-5-13)14-9-2-3-10(12(16)17)11(8-9)15(18)19/h2-3,8,14H,4-7H2,1H3,(H,16,17). The van der Waals surface area contributed by atoms with Crippen molar-refractivity contribution in [3.8, 4) is 0 Å². The molecular weight excluding hydrogens is 264 g/mol. The number of carboxylic acid groups (broad SMARTS) is 1. The number of hydrogen-bond acceptors (Lipinski definition) is 5. The van der Waals surface area contributed by atoms with E-state index in [0.717, 1.165) is 12.8 Å². The number of anilines is 1. The van der Waals surface area contributed by atoms with Crippen molar-refractivity contribution in [3.05, 3.63) is 33.9 Å². The first kappa shape index (κ1) is 14.3. The van der Waals surface area contributed by atoms with E-state index in [1.54, 1.807) is 6.07 Å². The van der Waals surface area contributed by atoms with E-state index in [4.69, 9.17) is 9.84 Å². The molecule has 0 atom stereocenters. The molecule has 1 heterocycles. The second kappa shape index (κ2) is 5.46. The molecule has 1 fully saturated rings. The van der Waals surface area contributed by atoms with Crippen LogP contribution in [0.2, 0.25) is 0 Å². The molecule has 20 heavy (non-hydrogen) atoms. The molecule has 0 unspecified atom stereocenters. The second-order valence-electron chi connectivity index (χ2n) is 5.09. The highest BCUT2D eigenvalue weighted by atomic mass is 16.6. The van der Waals surface area contributed by atoms with Gasteiger partial charge >= 0.3 is 5.97 Å². The molecule has 1 aliphatic heterocycles. The summed E-state index contributed by atoms with van der Waals surface area (Å²) in [6.07, 6.45) is 1.59. The first-order valence-corrected chi connectivity index (χ1v) is 6.29. The quantitative estimate of drug-likeness (QED) is 0.648. The molecule has 0 aliphatic carbocycles. The number of aromatic carboxylic acids is 1. The Hall–Kier alpha value is -2.15. The van der Waals surface area contributed by atoms with Gasteiger partial charge in [-0.15, -0.1) is 0 Å². The Balaban J connectivity index is 2.27. The van der Waals surface area contributed by atoms with Gasteiger partial charge in [0, 0.05) is 30.5 Å². The van der Waals surface area contributed by atoms with Crippen molar-refractivity contribution in [3.63, 3.8) is 0 Å². The predicted octanol–water partition coefficient (Wildman–Crippen LogP) is 2.27. The molecule has 1 aromatic rings. The van der Waals surface area contributed by atoms with Gasteiger partial charge < -0.3 is 15.2 Å². The molecule has 0 amide bonds. The van der Waals surface area contributed by atoms with Gasteiger partial charge in [0.25, 0.3) is 5.69 Å². The van der Waals surface area contributed by atoms with Gasteiger partial charge in [0.15, 0.2) is 0 Å². The number of benzene rings is 1. The molecule has 0 spiro atoms. The van der Waals surface area contributed by atoms with E-state index >= 15 is 0 Å². The van der Waals surface area contributed by atoms with Crippen LogP contribution in [0.3, 0.4) is 0 Å². The summed E-state index contributed by atoms with van der Waals surface area (Å²) in [7, 11) is 0. The molecule has 108 valence electrons. The van der Waals surface area contributed by atoms with Crippen LogP contribution in [0.25, 0.3) is 0 Å². The molecule has 7 nitrogen and oxygen atoms in total. The van der Waals surface area contributed by atoms with Crippen molar-refractivity contribution in [2.24, 2.45) is 0 Å². The molecule has 2 N–H and O–H groups in total. The summed E-state index contributed by atoms with van der Waals surface area (Å²) in [5.41, 5.74) is -0.362. The fourth-order valence-corrected chi connectivity index (χ4v) is 2.24. The minimum atomic E-state index is -1.31. The zero-order valence-electron chi connectivity index (χ0n) is 11.1. The van der Waals surface area contributed by atoms with Crippen LogP contribution in [0, 0.1) is 10.1 Å². The van der Waals surface area contributed by atoms with E-state index in [1.165, 1.54) is 12.1 Å². The minimum Gasteiger partial charge on any atom is -0.477 e. The van der Waals surface area contributed by atoms with Crippen LogP contribution >= 0.6 is 0 Å². The molecule has 7 heteroatoms. The van der Waals surface area contributed by atoms with Gasteiger partial charge in [-0.05, 0) is 31.9 Å². The molecular formula is C13H16N2O5. The lowest BCUT2D eigenvalue weighted by molar-refractivity contribution is -0.385. The van der Waals surface area contributed by atoms with Gasteiger partial charge in [-0.2, -0.15) is 0 Å². The van der Waals surface area contributed by atoms with E-state index in [2.05, 4.69) is 5.32 Å². The number of hydrogen-bond donors (Lipinski definition) is 2. The fourth-order valence-electron chi connectivity index (χ4n) is 2.24. The van der Waals surface area contributed by atoms with Crippen molar-refractivity contribution >= 4 is 17.3 Å². The summed E-state index contributed by atoms with van der Waals surface area (Å²) in [5.74, 6) is -1.31. The van der Waals surface area contributed by atoms with Crippen molar-refractivity contribution in [2.75, 3.05) is 18.5 Å². The van der Waals surface area contributed by atoms with E-state index in [0.29, 0.717) is 18.9 Å². The fraction of sp³-hybridized carbons (Fsp3) is 0.462. The predicted molar refractivity (Wildman–Crippen MR) is 72.1 cm³/mol. The van der Waals surface area contributed by atoms with Gasteiger partial charge in [-0.25, -0.2) is 4.79 Å². The van der Waals surface area contributed by atoms with Crippen LogP contribution in [-0.2, 0) is 4.74 Å². The number of nitro benzene ring substituents is 1. The molecule has 1 saturated heterocycles. The first-order chi connectivity index (χ1) is 9.41. The lowest BCUT2D eigenvalue weighted by Crippen LogP contribution is -2.40. The lowest BCUT2D eigenvalue weighted by atomic mass is 9.92. The van der Waals surface area contributed by atoms with Crippen LogP contribution in [0.15, 0.2) is 18.2 Å². The van der Waals surface area contributed by atoms with E-state index in [-0.39, 0.29) is 11.1 Å². The normalized spacial score (nSPS) is 17.4. The molecule has 1 aromatic carbocycles. The third-order valence-electron chi connectivity index (χ3n) is 3.47. The number of carboxylic acids is 1. The maximum absolute atomic E-state index is 10.9. The number of nitro groups is 1. The number of ether oxygens (including phenoxy) is 1. The van der Waals surface area contributed by atoms with Gasteiger partial charge in [0.2, 0.25) is 0 Å². The largest absolute Gasteiger partial charge is 0.477 e. The van der Waals surface area contributed by atoms with Crippen molar-refractivity contribution in [1.82, 2.24) is 0 Å². The SMILES string of the molecule is CC1(Nc2ccc(C(=O)O)c([N+](=O)[O-])c2)CCOCC1. The van der Waals surface area contributed by atoms with Crippen LogP contribution in [0.5, 0.6) is 0 Å². The Labute approximate surface area is 115 Å². The molecule has 0 bridgehead atoms. The van der Waals surface area contributed by atoms with Crippen molar-refractivity contribution in [2.45, 2.75) is 25.3 Å². The molecule has 0 radical (unpaired) electrons. The third kappa shape index (κ3) is 3.05. The number of carbonyl (C=O) groups is 1. The zero-order valence-corrected chi connectivity index (χ0v) is 11.1. The Morgan fingerprint density at radius 3 is 2.65 bits per heavy atom. The second-order valence-corrected chi connectivity index (χ2v) is 5.09.